The molecule has 0 fully saturated rings. The molecule has 0 saturated heterocycles. The molecule has 0 radical (unpaired) electrons. The quantitative estimate of drug-likeness (QED) is 0.678. The van der Waals surface area contributed by atoms with Gasteiger partial charge in [0.15, 0.2) is 0 Å². The monoisotopic (exact) mass is 226 g/mol. The van der Waals surface area contributed by atoms with Gasteiger partial charge in [-0.05, 0) is 19.1 Å². The molecule has 0 aromatic heterocycles. The van der Waals surface area contributed by atoms with Crippen LogP contribution in [-0.4, -0.2) is 28.0 Å². The molecular formula is C9H16F2O2S. The summed E-state index contributed by atoms with van der Waals surface area (Å²) in [6.45, 7) is 3.01. The topological polar surface area (TPSA) is 37.3 Å². The van der Waals surface area contributed by atoms with Crippen molar-refractivity contribution in [1.82, 2.24) is 0 Å². The maximum absolute atomic E-state index is 12.7. The summed E-state index contributed by atoms with van der Waals surface area (Å²) in [7, 11) is 0. The van der Waals surface area contributed by atoms with E-state index in [1.165, 1.54) is 18.7 Å². The zero-order valence-corrected chi connectivity index (χ0v) is 9.24. The lowest BCUT2D eigenvalue weighted by molar-refractivity contribution is -0.136. The Morgan fingerprint density at radius 3 is 2.57 bits per heavy atom. The van der Waals surface area contributed by atoms with Crippen LogP contribution in [0, 0.1) is 0 Å². The number of carbonyl (C=O) groups is 1. The summed E-state index contributed by atoms with van der Waals surface area (Å²) in [5.74, 6) is -3.01. The molecule has 84 valence electrons. The van der Waals surface area contributed by atoms with Crippen molar-refractivity contribution in [3.8, 4) is 0 Å². The van der Waals surface area contributed by atoms with E-state index in [2.05, 4.69) is 0 Å². The maximum Gasteiger partial charge on any atom is 0.316 e. The van der Waals surface area contributed by atoms with Crippen LogP contribution < -0.4 is 0 Å². The van der Waals surface area contributed by atoms with Gasteiger partial charge < -0.3 is 5.11 Å². The smallest absolute Gasteiger partial charge is 0.316 e. The van der Waals surface area contributed by atoms with Gasteiger partial charge in [0.25, 0.3) is 0 Å². The van der Waals surface area contributed by atoms with Crippen molar-refractivity contribution in [3.63, 3.8) is 0 Å². The summed E-state index contributed by atoms with van der Waals surface area (Å²) in [6, 6.07) is 0. The second-order valence-corrected chi connectivity index (χ2v) is 4.61. The molecule has 0 spiro atoms. The normalized spacial score (nSPS) is 14.0. The molecule has 0 aromatic rings. The fourth-order valence-electron chi connectivity index (χ4n) is 0.839. The van der Waals surface area contributed by atoms with Crippen molar-refractivity contribution in [2.24, 2.45) is 0 Å². The summed E-state index contributed by atoms with van der Waals surface area (Å²) < 4.78 is 25.4. The molecule has 0 aliphatic heterocycles. The summed E-state index contributed by atoms with van der Waals surface area (Å²) >= 11 is 1.20. The van der Waals surface area contributed by atoms with Gasteiger partial charge in [-0.1, -0.05) is 6.92 Å². The van der Waals surface area contributed by atoms with Crippen molar-refractivity contribution >= 4 is 17.7 Å². The molecule has 1 unspecified atom stereocenters. The Bertz CT molecular complexity index is 186. The first-order valence-electron chi connectivity index (χ1n) is 4.61. The highest BCUT2D eigenvalue weighted by molar-refractivity contribution is 8.00. The second-order valence-electron chi connectivity index (χ2n) is 3.16. The van der Waals surface area contributed by atoms with E-state index < -0.39 is 17.1 Å². The molecule has 5 heteroatoms. The van der Waals surface area contributed by atoms with E-state index in [1.807, 2.05) is 0 Å². The van der Waals surface area contributed by atoms with Crippen molar-refractivity contribution in [2.75, 3.05) is 5.75 Å². The Hall–Kier alpha value is -0.320. The third kappa shape index (κ3) is 6.18. The molecule has 14 heavy (non-hydrogen) atoms. The Labute approximate surface area is 87.1 Å². The number of alkyl halides is 2. The van der Waals surface area contributed by atoms with E-state index >= 15 is 0 Å². The highest BCUT2D eigenvalue weighted by Crippen LogP contribution is 2.25. The minimum Gasteiger partial charge on any atom is -0.480 e. The summed E-state index contributed by atoms with van der Waals surface area (Å²) in [5.41, 5.74) is 0. The zero-order chi connectivity index (χ0) is 11.2. The molecule has 2 nitrogen and oxygen atoms in total. The van der Waals surface area contributed by atoms with Crippen LogP contribution in [-0.2, 0) is 4.79 Å². The van der Waals surface area contributed by atoms with Gasteiger partial charge in [0.05, 0.1) is 5.25 Å². The lowest BCUT2D eigenvalue weighted by atomic mass is 10.1. The van der Waals surface area contributed by atoms with Gasteiger partial charge in [-0.15, -0.1) is 11.8 Å². The van der Waals surface area contributed by atoms with Gasteiger partial charge in [-0.3, -0.25) is 4.79 Å². The number of hydrogen-bond acceptors (Lipinski definition) is 2. The first kappa shape index (κ1) is 13.7. The average Bonchev–Trinajstić information content (AvgIpc) is 2.12. The number of carboxylic acid groups (broad SMARTS) is 1. The molecule has 0 aliphatic carbocycles. The fraction of sp³-hybridized carbons (Fsp3) is 0.889. The molecule has 1 atom stereocenters. The lowest BCUT2D eigenvalue weighted by Gasteiger charge is -2.13. The van der Waals surface area contributed by atoms with E-state index in [0.29, 0.717) is 12.2 Å². The van der Waals surface area contributed by atoms with Gasteiger partial charge in [0.1, 0.15) is 0 Å². The summed E-state index contributed by atoms with van der Waals surface area (Å²) in [5, 5.41) is 8.01. The minimum absolute atomic E-state index is 0.147. The molecule has 0 aromatic carbocycles. The van der Waals surface area contributed by atoms with Gasteiger partial charge in [-0.2, -0.15) is 0 Å². The standard InChI is InChI=1S/C9H16F2O2S/c1-3-9(10,11)5-4-6-14-7(2)8(12)13/h7H,3-6H2,1-2H3,(H,12,13). The van der Waals surface area contributed by atoms with E-state index in [0.717, 1.165) is 0 Å². The predicted molar refractivity (Wildman–Crippen MR) is 54.0 cm³/mol. The van der Waals surface area contributed by atoms with E-state index in [9.17, 15) is 13.6 Å². The molecule has 0 heterocycles. The number of halogens is 2. The van der Waals surface area contributed by atoms with Crippen LogP contribution in [0.4, 0.5) is 8.78 Å². The molecule has 0 amide bonds. The Balaban J connectivity index is 3.52. The Morgan fingerprint density at radius 1 is 1.57 bits per heavy atom. The molecule has 0 bridgehead atoms. The lowest BCUT2D eigenvalue weighted by Crippen LogP contribution is -2.15. The highest BCUT2D eigenvalue weighted by atomic mass is 32.2. The van der Waals surface area contributed by atoms with Crippen molar-refractivity contribution in [1.29, 1.82) is 0 Å². The van der Waals surface area contributed by atoms with Gasteiger partial charge in [0, 0.05) is 12.8 Å². The van der Waals surface area contributed by atoms with Crippen LogP contribution in [0.25, 0.3) is 0 Å². The summed E-state index contributed by atoms with van der Waals surface area (Å²) in [6.07, 6.45) is 0.0676. The van der Waals surface area contributed by atoms with Gasteiger partial charge in [-0.25, -0.2) is 8.78 Å². The van der Waals surface area contributed by atoms with E-state index in [-0.39, 0.29) is 12.8 Å². The SMILES string of the molecule is CCC(F)(F)CCCSC(C)C(=O)O. The Morgan fingerprint density at radius 2 is 2.14 bits per heavy atom. The van der Waals surface area contributed by atoms with Crippen LogP contribution in [0.15, 0.2) is 0 Å². The molecule has 0 saturated carbocycles. The molecule has 0 rings (SSSR count). The molecule has 0 aliphatic rings. The maximum atomic E-state index is 12.7. The largest absolute Gasteiger partial charge is 0.480 e. The first-order valence-corrected chi connectivity index (χ1v) is 5.66. The van der Waals surface area contributed by atoms with Crippen molar-refractivity contribution in [2.45, 2.75) is 44.3 Å². The van der Waals surface area contributed by atoms with Crippen LogP contribution in [0.5, 0.6) is 0 Å². The minimum atomic E-state index is -2.59. The molecular weight excluding hydrogens is 210 g/mol. The van der Waals surface area contributed by atoms with Crippen molar-refractivity contribution < 1.29 is 18.7 Å². The van der Waals surface area contributed by atoms with E-state index in [4.69, 9.17) is 5.11 Å². The van der Waals surface area contributed by atoms with E-state index in [1.54, 1.807) is 6.92 Å². The van der Waals surface area contributed by atoms with Gasteiger partial charge in [0.2, 0.25) is 5.92 Å². The third-order valence-corrected chi connectivity index (χ3v) is 3.15. The van der Waals surface area contributed by atoms with Crippen LogP contribution in [0.3, 0.4) is 0 Å². The van der Waals surface area contributed by atoms with Crippen LogP contribution in [0.1, 0.15) is 33.1 Å². The molecule has 1 N–H and O–H groups in total. The van der Waals surface area contributed by atoms with Crippen LogP contribution >= 0.6 is 11.8 Å². The number of carboxylic acids is 1. The number of rotatable bonds is 7. The summed E-state index contributed by atoms with van der Waals surface area (Å²) in [4.78, 5) is 10.4. The number of hydrogen-bond donors (Lipinski definition) is 1. The van der Waals surface area contributed by atoms with Gasteiger partial charge >= 0.3 is 5.97 Å². The van der Waals surface area contributed by atoms with Crippen LogP contribution in [0.2, 0.25) is 0 Å². The first-order chi connectivity index (χ1) is 6.39. The predicted octanol–water partition coefficient (Wildman–Crippen LogP) is 3.02. The average molecular weight is 226 g/mol. The Kier molecular flexibility index (Phi) is 6.08. The highest BCUT2D eigenvalue weighted by Gasteiger charge is 2.25. The zero-order valence-electron chi connectivity index (χ0n) is 8.43. The number of thioether (sulfide) groups is 1. The number of aliphatic carboxylic acids is 1. The van der Waals surface area contributed by atoms with Crippen molar-refractivity contribution in [3.05, 3.63) is 0 Å². The second kappa shape index (κ2) is 6.22. The third-order valence-electron chi connectivity index (χ3n) is 1.92. The fourth-order valence-corrected chi connectivity index (χ4v) is 1.65.